The Morgan fingerprint density at radius 1 is 1.14 bits per heavy atom. The fourth-order valence-corrected chi connectivity index (χ4v) is 4.08. The zero-order valence-corrected chi connectivity index (χ0v) is 18.5. The molecule has 1 aliphatic rings. The third-order valence-corrected chi connectivity index (χ3v) is 5.97. The summed E-state index contributed by atoms with van der Waals surface area (Å²) in [7, 11) is 0. The number of nitrogens with zero attached hydrogens (tertiary/aromatic N) is 4. The van der Waals surface area contributed by atoms with E-state index in [1.165, 1.54) is 11.3 Å². The molecule has 2 aromatic heterocycles. The quantitative estimate of drug-likeness (QED) is 0.475. The Morgan fingerprint density at radius 3 is 2.57 bits per heavy atom. The number of ether oxygens (including phenoxy) is 1. The highest BCUT2D eigenvalue weighted by Crippen LogP contribution is 2.33. The van der Waals surface area contributed by atoms with Gasteiger partial charge in [0.1, 0.15) is 5.01 Å². The van der Waals surface area contributed by atoms with Crippen molar-refractivity contribution >= 4 is 17.2 Å². The molecule has 1 aliphatic heterocycles. The molecule has 1 unspecified atom stereocenters. The number of amides is 1. The number of alkyl halides is 6. The van der Waals surface area contributed by atoms with Crippen LogP contribution in [-0.2, 0) is 23.7 Å². The van der Waals surface area contributed by atoms with Crippen molar-refractivity contribution in [1.82, 2.24) is 19.7 Å². The Hall–Kier alpha value is -3.26. The van der Waals surface area contributed by atoms with Crippen LogP contribution in [0.25, 0.3) is 5.69 Å². The van der Waals surface area contributed by atoms with Gasteiger partial charge in [0.15, 0.2) is 5.69 Å². The molecular weight excluding hydrogens is 502 g/mol. The van der Waals surface area contributed by atoms with Gasteiger partial charge in [0.05, 0.1) is 29.5 Å². The van der Waals surface area contributed by atoms with E-state index in [9.17, 15) is 35.9 Å². The number of benzene rings is 1. The van der Waals surface area contributed by atoms with Gasteiger partial charge in [-0.05, 0) is 24.6 Å². The van der Waals surface area contributed by atoms with Crippen LogP contribution in [0.3, 0.4) is 0 Å². The number of rotatable bonds is 5. The van der Waals surface area contributed by atoms with E-state index in [4.69, 9.17) is 4.74 Å². The van der Waals surface area contributed by atoms with Gasteiger partial charge in [0.25, 0.3) is 11.5 Å². The van der Waals surface area contributed by atoms with Crippen molar-refractivity contribution in [2.45, 2.75) is 31.5 Å². The van der Waals surface area contributed by atoms with Crippen LogP contribution in [0.15, 0.2) is 46.7 Å². The maximum atomic E-state index is 13.6. The van der Waals surface area contributed by atoms with E-state index in [-0.39, 0.29) is 25.8 Å². The first-order chi connectivity index (χ1) is 16.4. The van der Waals surface area contributed by atoms with E-state index in [0.717, 1.165) is 23.1 Å². The maximum Gasteiger partial charge on any atom is 0.418 e. The monoisotopic (exact) mass is 518 g/mol. The molecule has 0 aliphatic carbocycles. The number of carbonyl (C=O) groups is 1. The summed E-state index contributed by atoms with van der Waals surface area (Å²) in [6.45, 7) is 0.228. The largest absolute Gasteiger partial charge is 0.418 e. The summed E-state index contributed by atoms with van der Waals surface area (Å²) in [5.74, 6) is -1.11. The first-order valence-corrected chi connectivity index (χ1v) is 11.0. The normalized spacial score (nSPS) is 16.6. The molecule has 0 spiro atoms. The standard InChI is InChI=1S/C21H16F6N4O3S/c22-20(23,24)12-2-1-3-13(8-12)31-17(32)9-15(21(25,26)27)18(29-31)19(33)30-6-4-14(10-30)34-11-16-28-5-7-35-16/h1-3,5,7-9,14H,4,6,10-11H2. The van der Waals surface area contributed by atoms with Crippen molar-refractivity contribution in [2.75, 3.05) is 13.1 Å². The molecule has 0 N–H and O–H groups in total. The molecule has 1 atom stereocenters. The Balaban J connectivity index is 1.64. The highest BCUT2D eigenvalue weighted by atomic mass is 32.1. The lowest BCUT2D eigenvalue weighted by atomic mass is 10.1. The van der Waals surface area contributed by atoms with E-state index >= 15 is 0 Å². The molecule has 1 saturated heterocycles. The number of hydrogen-bond donors (Lipinski definition) is 0. The van der Waals surface area contributed by atoms with Crippen LogP contribution >= 0.6 is 11.3 Å². The lowest BCUT2D eigenvalue weighted by molar-refractivity contribution is -0.138. The molecular formula is C21H16F6N4O3S. The Kier molecular flexibility index (Phi) is 6.68. The number of likely N-dealkylation sites (tertiary alicyclic amines) is 1. The minimum absolute atomic E-state index is 0.0220. The van der Waals surface area contributed by atoms with Gasteiger partial charge in [0, 0.05) is 30.7 Å². The third-order valence-electron chi connectivity index (χ3n) is 5.22. The van der Waals surface area contributed by atoms with Gasteiger partial charge >= 0.3 is 12.4 Å². The maximum absolute atomic E-state index is 13.6. The van der Waals surface area contributed by atoms with Gasteiger partial charge in [-0.2, -0.15) is 36.1 Å². The van der Waals surface area contributed by atoms with Crippen LogP contribution in [0.1, 0.15) is 33.0 Å². The van der Waals surface area contributed by atoms with Crippen LogP contribution < -0.4 is 5.56 Å². The molecule has 4 rings (SSSR count). The lowest BCUT2D eigenvalue weighted by Gasteiger charge is -2.20. The molecule has 14 heteroatoms. The van der Waals surface area contributed by atoms with Crippen LogP contribution in [-0.4, -0.2) is 44.8 Å². The summed E-state index contributed by atoms with van der Waals surface area (Å²) in [6.07, 6.45) is -8.35. The van der Waals surface area contributed by atoms with Crippen LogP contribution in [0.2, 0.25) is 0 Å². The summed E-state index contributed by atoms with van der Waals surface area (Å²) < 4.78 is 86.2. The summed E-state index contributed by atoms with van der Waals surface area (Å²) in [4.78, 5) is 30.5. The van der Waals surface area contributed by atoms with E-state index in [0.29, 0.717) is 22.2 Å². The third kappa shape index (κ3) is 5.53. The highest BCUT2D eigenvalue weighted by Gasteiger charge is 2.40. The predicted molar refractivity (Wildman–Crippen MR) is 111 cm³/mol. The van der Waals surface area contributed by atoms with Gasteiger partial charge in [-0.25, -0.2) is 4.98 Å². The van der Waals surface area contributed by atoms with Crippen molar-refractivity contribution in [2.24, 2.45) is 0 Å². The topological polar surface area (TPSA) is 77.3 Å². The second kappa shape index (κ2) is 9.41. The summed E-state index contributed by atoms with van der Waals surface area (Å²) in [5, 5.41) is 6.02. The molecule has 1 amide bonds. The van der Waals surface area contributed by atoms with Crippen molar-refractivity contribution in [3.63, 3.8) is 0 Å². The minimum Gasteiger partial charge on any atom is -0.369 e. The highest BCUT2D eigenvalue weighted by molar-refractivity contribution is 7.09. The zero-order valence-electron chi connectivity index (χ0n) is 17.6. The number of carbonyl (C=O) groups excluding carboxylic acids is 1. The smallest absolute Gasteiger partial charge is 0.369 e. The lowest BCUT2D eigenvalue weighted by Crippen LogP contribution is -2.36. The van der Waals surface area contributed by atoms with Crippen molar-refractivity contribution in [1.29, 1.82) is 0 Å². The molecule has 1 fully saturated rings. The Bertz CT molecular complexity index is 1270. The Morgan fingerprint density at radius 2 is 1.91 bits per heavy atom. The molecule has 7 nitrogen and oxygen atoms in total. The first kappa shape index (κ1) is 24.9. The van der Waals surface area contributed by atoms with Crippen molar-refractivity contribution in [3.8, 4) is 5.69 Å². The van der Waals surface area contributed by atoms with E-state index in [2.05, 4.69) is 10.1 Å². The van der Waals surface area contributed by atoms with Gasteiger partial charge in [-0.1, -0.05) is 6.07 Å². The summed E-state index contributed by atoms with van der Waals surface area (Å²) >= 11 is 1.36. The molecule has 1 aromatic carbocycles. The van der Waals surface area contributed by atoms with E-state index in [1.807, 2.05) is 0 Å². The summed E-state index contributed by atoms with van der Waals surface area (Å²) in [5.41, 5.74) is -5.55. The van der Waals surface area contributed by atoms with Gasteiger partial charge in [-0.15, -0.1) is 11.3 Å². The number of thiazole rings is 1. The van der Waals surface area contributed by atoms with Gasteiger partial charge in [0.2, 0.25) is 0 Å². The average molecular weight is 518 g/mol. The molecule has 3 aromatic rings. The fourth-order valence-electron chi connectivity index (χ4n) is 3.54. The predicted octanol–water partition coefficient (Wildman–Crippen LogP) is 4.16. The number of halogens is 6. The number of aromatic nitrogens is 3. The van der Waals surface area contributed by atoms with Crippen molar-refractivity contribution in [3.05, 3.63) is 74.1 Å². The van der Waals surface area contributed by atoms with Crippen LogP contribution in [0.4, 0.5) is 26.3 Å². The zero-order chi connectivity index (χ0) is 25.4. The molecule has 35 heavy (non-hydrogen) atoms. The van der Waals surface area contributed by atoms with Gasteiger partial charge in [-0.3, -0.25) is 9.59 Å². The second-order valence-corrected chi connectivity index (χ2v) is 8.58. The minimum atomic E-state index is -5.09. The van der Waals surface area contributed by atoms with E-state index in [1.54, 1.807) is 11.6 Å². The first-order valence-electron chi connectivity index (χ1n) is 10.1. The molecule has 3 heterocycles. The molecule has 0 radical (unpaired) electrons. The molecule has 186 valence electrons. The number of hydrogen-bond acceptors (Lipinski definition) is 6. The van der Waals surface area contributed by atoms with Gasteiger partial charge < -0.3 is 9.64 Å². The Labute approximate surface area is 197 Å². The molecule has 0 saturated carbocycles. The van der Waals surface area contributed by atoms with Crippen LogP contribution in [0, 0.1) is 0 Å². The summed E-state index contributed by atoms with van der Waals surface area (Å²) in [6, 6.07) is 3.52. The van der Waals surface area contributed by atoms with E-state index < -0.39 is 52.4 Å². The fraction of sp³-hybridized carbons (Fsp3) is 0.333. The van der Waals surface area contributed by atoms with Crippen LogP contribution in [0.5, 0.6) is 0 Å². The SMILES string of the molecule is O=C(c1nn(-c2cccc(C(F)(F)F)c2)c(=O)cc1C(F)(F)F)N1CCC(OCc2nccs2)C1. The second-order valence-electron chi connectivity index (χ2n) is 7.60. The molecule has 0 bridgehead atoms. The average Bonchev–Trinajstić information content (AvgIpc) is 3.48. The van der Waals surface area contributed by atoms with Crippen molar-refractivity contribution < 1.29 is 35.9 Å².